The van der Waals surface area contributed by atoms with Gasteiger partial charge in [0.05, 0.1) is 18.8 Å². The standard InChI is InChI=1S/C22H26N4O3S2/c1-29-21-8-3-2-7-19(21)25-11-13-26(14-12-25)20(18-6-4-10-23-16-18)17-24-31(27,28)22-9-5-15-30-22/h2-10,15-16,20,24H,11-14,17H2,1H3/t20-/m0/s1. The SMILES string of the molecule is COc1ccccc1N1CCN([C@@H](CNS(=O)(=O)c2cccs2)c2cccnc2)CC1. The number of piperazine rings is 1. The molecule has 0 radical (unpaired) electrons. The Balaban J connectivity index is 1.48. The molecule has 31 heavy (non-hydrogen) atoms. The molecule has 164 valence electrons. The summed E-state index contributed by atoms with van der Waals surface area (Å²) in [4.78, 5) is 8.88. The van der Waals surface area contributed by atoms with Crippen molar-refractivity contribution in [1.29, 1.82) is 0 Å². The maximum Gasteiger partial charge on any atom is 0.250 e. The molecule has 0 spiro atoms. The Morgan fingerprint density at radius 1 is 1.10 bits per heavy atom. The number of pyridine rings is 1. The Hall–Kier alpha value is -2.46. The Labute approximate surface area is 187 Å². The highest BCUT2D eigenvalue weighted by atomic mass is 32.2. The topological polar surface area (TPSA) is 74.8 Å². The molecule has 0 amide bonds. The van der Waals surface area contributed by atoms with Gasteiger partial charge in [0.25, 0.3) is 0 Å². The second kappa shape index (κ2) is 9.78. The van der Waals surface area contributed by atoms with E-state index in [0.29, 0.717) is 10.8 Å². The summed E-state index contributed by atoms with van der Waals surface area (Å²) in [6, 6.07) is 15.2. The smallest absolute Gasteiger partial charge is 0.250 e. The highest BCUT2D eigenvalue weighted by Crippen LogP contribution is 2.30. The number of nitrogens with one attached hydrogen (secondary N) is 1. The van der Waals surface area contributed by atoms with Crippen molar-refractivity contribution in [3.05, 3.63) is 71.9 Å². The summed E-state index contributed by atoms with van der Waals surface area (Å²) in [6.45, 7) is 3.56. The molecule has 1 N–H and O–H groups in total. The van der Waals surface area contributed by atoms with Gasteiger partial charge in [-0.15, -0.1) is 11.3 Å². The molecule has 7 nitrogen and oxygen atoms in total. The van der Waals surface area contributed by atoms with E-state index < -0.39 is 10.0 Å². The normalized spacial score (nSPS) is 16.2. The van der Waals surface area contributed by atoms with Crippen LogP contribution in [0.5, 0.6) is 5.75 Å². The van der Waals surface area contributed by atoms with Crippen LogP contribution in [0.3, 0.4) is 0 Å². The van der Waals surface area contributed by atoms with Gasteiger partial charge in [0.1, 0.15) is 9.96 Å². The van der Waals surface area contributed by atoms with E-state index in [9.17, 15) is 8.42 Å². The Morgan fingerprint density at radius 2 is 1.90 bits per heavy atom. The maximum atomic E-state index is 12.7. The molecule has 1 aliphatic rings. The number of benzene rings is 1. The van der Waals surface area contributed by atoms with E-state index in [1.807, 2.05) is 36.5 Å². The molecule has 9 heteroatoms. The number of anilines is 1. The lowest BCUT2D eigenvalue weighted by Crippen LogP contribution is -2.50. The number of thiophene rings is 1. The third-order valence-corrected chi connectivity index (χ3v) is 8.30. The number of ether oxygens (including phenoxy) is 1. The molecular formula is C22H26N4O3S2. The van der Waals surface area contributed by atoms with Crippen LogP contribution in [-0.2, 0) is 10.0 Å². The minimum absolute atomic E-state index is 0.0942. The van der Waals surface area contributed by atoms with E-state index in [2.05, 4.69) is 25.6 Å². The van der Waals surface area contributed by atoms with E-state index >= 15 is 0 Å². The summed E-state index contributed by atoms with van der Waals surface area (Å²) in [7, 11) is -1.84. The Bertz CT molecular complexity index is 1070. The number of nitrogens with zero attached hydrogens (tertiary/aromatic N) is 3. The van der Waals surface area contributed by atoms with Crippen LogP contribution in [-0.4, -0.2) is 58.1 Å². The van der Waals surface area contributed by atoms with E-state index in [1.54, 1.807) is 30.8 Å². The first-order chi connectivity index (χ1) is 15.1. The summed E-state index contributed by atoms with van der Waals surface area (Å²) >= 11 is 1.22. The van der Waals surface area contributed by atoms with Gasteiger partial charge in [0, 0.05) is 45.1 Å². The molecule has 1 aromatic carbocycles. The number of hydrogen-bond donors (Lipinski definition) is 1. The molecule has 3 aromatic rings. The summed E-state index contributed by atoms with van der Waals surface area (Å²) < 4.78 is 34.0. The first kappa shape index (κ1) is 21.8. The minimum Gasteiger partial charge on any atom is -0.495 e. The van der Waals surface area contributed by atoms with Crippen molar-refractivity contribution in [2.45, 2.75) is 10.3 Å². The van der Waals surface area contributed by atoms with Gasteiger partial charge in [-0.3, -0.25) is 9.88 Å². The lowest BCUT2D eigenvalue weighted by Gasteiger charge is -2.40. The molecule has 1 saturated heterocycles. The highest BCUT2D eigenvalue weighted by Gasteiger charge is 2.28. The van der Waals surface area contributed by atoms with E-state index in [0.717, 1.165) is 43.2 Å². The predicted molar refractivity (Wildman–Crippen MR) is 123 cm³/mol. The van der Waals surface area contributed by atoms with Gasteiger partial charge >= 0.3 is 0 Å². The molecular weight excluding hydrogens is 432 g/mol. The van der Waals surface area contributed by atoms with Crippen LogP contribution in [0.1, 0.15) is 11.6 Å². The molecule has 1 atom stereocenters. The summed E-state index contributed by atoms with van der Waals surface area (Å²) in [5.74, 6) is 0.864. The van der Waals surface area contributed by atoms with Crippen molar-refractivity contribution in [3.63, 3.8) is 0 Å². The van der Waals surface area contributed by atoms with Crippen molar-refractivity contribution in [1.82, 2.24) is 14.6 Å². The van der Waals surface area contributed by atoms with E-state index in [4.69, 9.17) is 4.74 Å². The lowest BCUT2D eigenvalue weighted by atomic mass is 10.1. The van der Waals surface area contributed by atoms with Gasteiger partial charge in [-0.1, -0.05) is 24.3 Å². The lowest BCUT2D eigenvalue weighted by molar-refractivity contribution is 0.186. The fraction of sp³-hybridized carbons (Fsp3) is 0.318. The van der Waals surface area contributed by atoms with Crippen LogP contribution in [0.2, 0.25) is 0 Å². The van der Waals surface area contributed by atoms with E-state index in [-0.39, 0.29) is 6.04 Å². The van der Waals surface area contributed by atoms with Gasteiger partial charge in [-0.2, -0.15) is 0 Å². The number of para-hydroxylation sites is 2. The number of sulfonamides is 1. The van der Waals surface area contributed by atoms with Gasteiger partial charge in [-0.05, 0) is 35.2 Å². The average Bonchev–Trinajstić information content (AvgIpc) is 3.36. The third kappa shape index (κ3) is 5.07. The largest absolute Gasteiger partial charge is 0.495 e. The molecule has 1 aliphatic heterocycles. The second-order valence-corrected chi connectivity index (χ2v) is 10.2. The summed E-state index contributed by atoms with van der Waals surface area (Å²) in [6.07, 6.45) is 3.55. The van der Waals surface area contributed by atoms with Crippen molar-refractivity contribution in [2.75, 3.05) is 44.7 Å². The first-order valence-electron chi connectivity index (χ1n) is 10.1. The van der Waals surface area contributed by atoms with Crippen LogP contribution in [0.4, 0.5) is 5.69 Å². The molecule has 0 bridgehead atoms. The van der Waals surface area contributed by atoms with Gasteiger partial charge < -0.3 is 9.64 Å². The van der Waals surface area contributed by atoms with Crippen molar-refractivity contribution in [3.8, 4) is 5.75 Å². The average molecular weight is 459 g/mol. The Morgan fingerprint density at radius 3 is 2.58 bits per heavy atom. The molecule has 0 unspecified atom stereocenters. The minimum atomic E-state index is -3.53. The van der Waals surface area contributed by atoms with E-state index in [1.165, 1.54) is 11.3 Å². The fourth-order valence-electron chi connectivity index (χ4n) is 3.87. The Kier molecular flexibility index (Phi) is 6.86. The van der Waals surface area contributed by atoms with Crippen molar-refractivity contribution >= 4 is 27.0 Å². The van der Waals surface area contributed by atoms with Crippen LogP contribution >= 0.6 is 11.3 Å². The van der Waals surface area contributed by atoms with Gasteiger partial charge in [-0.25, -0.2) is 13.1 Å². The third-order valence-electron chi connectivity index (χ3n) is 5.48. The molecule has 1 fully saturated rings. The van der Waals surface area contributed by atoms with Crippen molar-refractivity contribution < 1.29 is 13.2 Å². The maximum absolute atomic E-state index is 12.7. The number of hydrogen-bond acceptors (Lipinski definition) is 7. The van der Waals surface area contributed by atoms with Crippen molar-refractivity contribution in [2.24, 2.45) is 0 Å². The van der Waals surface area contributed by atoms with Crippen LogP contribution in [0.25, 0.3) is 0 Å². The molecule has 4 rings (SSSR count). The molecule has 2 aromatic heterocycles. The summed E-state index contributed by atoms with van der Waals surface area (Å²) in [5.41, 5.74) is 2.09. The quantitative estimate of drug-likeness (QED) is 0.559. The highest BCUT2D eigenvalue weighted by molar-refractivity contribution is 7.91. The fourth-order valence-corrected chi connectivity index (χ4v) is 5.95. The molecule has 0 aliphatic carbocycles. The summed E-state index contributed by atoms with van der Waals surface area (Å²) in [5, 5.41) is 1.77. The predicted octanol–water partition coefficient (Wildman–Crippen LogP) is 2.99. The zero-order valence-electron chi connectivity index (χ0n) is 17.3. The number of rotatable bonds is 8. The van der Waals surface area contributed by atoms with Crippen LogP contribution in [0, 0.1) is 0 Å². The van der Waals surface area contributed by atoms with Crippen LogP contribution in [0.15, 0.2) is 70.5 Å². The zero-order chi connectivity index (χ0) is 21.7. The monoisotopic (exact) mass is 458 g/mol. The number of aromatic nitrogens is 1. The van der Waals surface area contributed by atoms with Gasteiger partial charge in [0.2, 0.25) is 10.0 Å². The zero-order valence-corrected chi connectivity index (χ0v) is 19.0. The first-order valence-corrected chi connectivity index (χ1v) is 12.5. The molecule has 0 saturated carbocycles. The molecule has 3 heterocycles. The second-order valence-electron chi connectivity index (χ2n) is 7.28. The number of methoxy groups -OCH3 is 1. The van der Waals surface area contributed by atoms with Gasteiger partial charge in [0.15, 0.2) is 0 Å². The van der Waals surface area contributed by atoms with Crippen LogP contribution < -0.4 is 14.4 Å².